The number of furan rings is 1. The highest BCUT2D eigenvalue weighted by Gasteiger charge is 2.37. The number of halogens is 1. The zero-order valence-corrected chi connectivity index (χ0v) is 23.1. The number of benzene rings is 2. The van der Waals surface area contributed by atoms with Crippen LogP contribution in [0.15, 0.2) is 59.0 Å². The number of hydrogen-bond donors (Lipinski definition) is 1. The van der Waals surface area contributed by atoms with Crippen LogP contribution in [0.3, 0.4) is 0 Å². The van der Waals surface area contributed by atoms with E-state index in [0.29, 0.717) is 28.5 Å². The molecule has 2 heterocycles. The van der Waals surface area contributed by atoms with E-state index in [1.807, 2.05) is 20.8 Å². The van der Waals surface area contributed by atoms with E-state index in [1.165, 1.54) is 43.4 Å². The zero-order chi connectivity index (χ0) is 29.0. The van der Waals surface area contributed by atoms with Crippen molar-refractivity contribution in [1.29, 1.82) is 0 Å². The maximum Gasteiger partial charge on any atom is 0.251 e. The van der Waals surface area contributed by atoms with Gasteiger partial charge in [-0.3, -0.25) is 14.5 Å². The summed E-state index contributed by atoms with van der Waals surface area (Å²) in [7, 11) is 2.98. The Morgan fingerprint density at radius 1 is 1.05 bits per heavy atom. The molecule has 12 heteroatoms. The second kappa shape index (κ2) is 11.6. The fourth-order valence-corrected chi connectivity index (χ4v) is 4.05. The Kier molecular flexibility index (Phi) is 8.17. The maximum absolute atomic E-state index is 14.0. The lowest BCUT2D eigenvalue weighted by molar-refractivity contribution is -0.128. The number of anilines is 1. The molecule has 2 aromatic carbocycles. The Labute approximate surface area is 230 Å². The number of nitrogens with zero attached hydrogens (tertiary/aromatic N) is 5. The standard InChI is InChI=1S/C28H31FN6O5/c1-17-7-13-22(40-17)25(27(37)30-28(2,3)4)35(20-12-14-21(38-5)23(15-20)39-6)24(36)16-34-32-26(31-33-34)18-8-10-19(29)11-9-18/h7-15,25H,16H2,1-6H3,(H,30,37). The molecule has 1 N–H and O–H groups in total. The Hall–Kier alpha value is -4.74. The lowest BCUT2D eigenvalue weighted by atomic mass is 10.1. The molecule has 0 saturated heterocycles. The van der Waals surface area contributed by atoms with Crippen molar-refractivity contribution in [2.75, 3.05) is 19.1 Å². The number of aryl methyl sites for hydroxylation is 1. The van der Waals surface area contributed by atoms with Gasteiger partial charge in [-0.15, -0.1) is 10.2 Å². The largest absolute Gasteiger partial charge is 0.493 e. The Bertz CT molecular complexity index is 1490. The summed E-state index contributed by atoms with van der Waals surface area (Å²) in [5.41, 5.74) is 0.288. The van der Waals surface area contributed by atoms with Gasteiger partial charge in [0, 0.05) is 22.9 Å². The summed E-state index contributed by atoms with van der Waals surface area (Å²) in [4.78, 5) is 30.2. The molecule has 40 heavy (non-hydrogen) atoms. The van der Waals surface area contributed by atoms with Crippen LogP contribution in [0.25, 0.3) is 11.4 Å². The third-order valence-corrected chi connectivity index (χ3v) is 5.78. The van der Waals surface area contributed by atoms with Gasteiger partial charge >= 0.3 is 0 Å². The van der Waals surface area contributed by atoms with Crippen LogP contribution in [-0.2, 0) is 16.1 Å². The first-order valence-electron chi connectivity index (χ1n) is 12.5. The van der Waals surface area contributed by atoms with Gasteiger partial charge in [0.2, 0.25) is 5.82 Å². The first-order valence-corrected chi connectivity index (χ1v) is 12.5. The van der Waals surface area contributed by atoms with E-state index >= 15 is 0 Å². The van der Waals surface area contributed by atoms with Crippen molar-refractivity contribution < 1.29 is 27.9 Å². The maximum atomic E-state index is 14.0. The molecule has 0 aliphatic heterocycles. The number of methoxy groups -OCH3 is 2. The first kappa shape index (κ1) is 28.3. The number of carbonyl (C=O) groups is 2. The number of rotatable bonds is 9. The van der Waals surface area contributed by atoms with Gasteiger partial charge in [-0.2, -0.15) is 4.80 Å². The summed E-state index contributed by atoms with van der Waals surface area (Å²) in [6.45, 7) is 6.92. The number of nitrogens with one attached hydrogen (secondary N) is 1. The van der Waals surface area contributed by atoms with Crippen molar-refractivity contribution in [3.05, 3.63) is 71.9 Å². The minimum atomic E-state index is -1.18. The molecule has 0 bridgehead atoms. The van der Waals surface area contributed by atoms with Gasteiger partial charge in [0.1, 0.15) is 23.9 Å². The van der Waals surface area contributed by atoms with Crippen molar-refractivity contribution in [1.82, 2.24) is 25.5 Å². The molecule has 1 unspecified atom stereocenters. The summed E-state index contributed by atoms with van der Waals surface area (Å²) in [6, 6.07) is 12.7. The van der Waals surface area contributed by atoms with Crippen molar-refractivity contribution >= 4 is 17.5 Å². The van der Waals surface area contributed by atoms with Gasteiger partial charge in [-0.1, -0.05) is 0 Å². The molecule has 4 rings (SSSR count). The monoisotopic (exact) mass is 550 g/mol. The van der Waals surface area contributed by atoms with E-state index in [9.17, 15) is 14.0 Å². The van der Waals surface area contributed by atoms with E-state index in [0.717, 1.165) is 4.80 Å². The van der Waals surface area contributed by atoms with Crippen LogP contribution in [-0.4, -0.2) is 51.8 Å². The summed E-state index contributed by atoms with van der Waals surface area (Å²) in [5, 5.41) is 15.2. The van der Waals surface area contributed by atoms with E-state index < -0.39 is 29.2 Å². The number of aromatic nitrogens is 4. The molecule has 4 aromatic rings. The lowest BCUT2D eigenvalue weighted by Gasteiger charge is -2.32. The number of amides is 2. The van der Waals surface area contributed by atoms with Crippen molar-refractivity contribution in [2.24, 2.45) is 0 Å². The fourth-order valence-electron chi connectivity index (χ4n) is 4.05. The van der Waals surface area contributed by atoms with E-state index in [-0.39, 0.29) is 18.1 Å². The van der Waals surface area contributed by atoms with Crippen LogP contribution in [0.2, 0.25) is 0 Å². The van der Waals surface area contributed by atoms with Gasteiger partial charge in [0.15, 0.2) is 17.5 Å². The molecule has 0 fully saturated rings. The molecular formula is C28H31FN6O5. The van der Waals surface area contributed by atoms with Crippen LogP contribution < -0.4 is 19.7 Å². The van der Waals surface area contributed by atoms with Gasteiger partial charge < -0.3 is 19.2 Å². The van der Waals surface area contributed by atoms with E-state index in [1.54, 1.807) is 37.3 Å². The van der Waals surface area contributed by atoms with Gasteiger partial charge in [-0.25, -0.2) is 4.39 Å². The summed E-state index contributed by atoms with van der Waals surface area (Å²) in [5.74, 6) is 0.484. The number of ether oxygens (including phenoxy) is 2. The molecule has 0 radical (unpaired) electrons. The smallest absolute Gasteiger partial charge is 0.251 e. The third-order valence-electron chi connectivity index (χ3n) is 5.78. The summed E-state index contributed by atoms with van der Waals surface area (Å²) in [6.07, 6.45) is 0. The van der Waals surface area contributed by atoms with Crippen LogP contribution in [0.5, 0.6) is 11.5 Å². The van der Waals surface area contributed by atoms with Crippen LogP contribution in [0, 0.1) is 12.7 Å². The van der Waals surface area contributed by atoms with Gasteiger partial charge in [0.25, 0.3) is 11.8 Å². The molecule has 2 aromatic heterocycles. The SMILES string of the molecule is COc1ccc(N(C(=O)Cn2nnc(-c3ccc(F)cc3)n2)C(C(=O)NC(C)(C)C)c2ccc(C)o2)cc1OC. The second-order valence-electron chi connectivity index (χ2n) is 10.0. The highest BCUT2D eigenvalue weighted by molar-refractivity contribution is 6.01. The minimum absolute atomic E-state index is 0.217. The zero-order valence-electron chi connectivity index (χ0n) is 23.1. The van der Waals surface area contributed by atoms with Gasteiger partial charge in [0.05, 0.1) is 14.2 Å². The van der Waals surface area contributed by atoms with Crippen molar-refractivity contribution in [3.8, 4) is 22.9 Å². The molecule has 1 atom stereocenters. The van der Waals surface area contributed by atoms with Crippen LogP contribution >= 0.6 is 0 Å². The third kappa shape index (κ3) is 6.45. The Balaban J connectivity index is 1.77. The first-order chi connectivity index (χ1) is 19.0. The number of carbonyl (C=O) groups excluding carboxylic acids is 2. The van der Waals surface area contributed by atoms with Crippen molar-refractivity contribution in [3.63, 3.8) is 0 Å². The minimum Gasteiger partial charge on any atom is -0.493 e. The normalized spacial score (nSPS) is 12.1. The summed E-state index contributed by atoms with van der Waals surface area (Å²) < 4.78 is 30.0. The highest BCUT2D eigenvalue weighted by Crippen LogP contribution is 2.36. The van der Waals surface area contributed by atoms with Crippen LogP contribution in [0.1, 0.15) is 38.3 Å². The predicted molar refractivity (Wildman–Crippen MR) is 144 cm³/mol. The molecule has 0 aliphatic carbocycles. The molecule has 0 saturated carbocycles. The second-order valence-corrected chi connectivity index (χ2v) is 10.0. The average molecular weight is 551 g/mol. The highest BCUT2D eigenvalue weighted by atomic mass is 19.1. The molecule has 2 amide bonds. The molecule has 210 valence electrons. The topological polar surface area (TPSA) is 125 Å². The molecule has 0 spiro atoms. The fraction of sp³-hybridized carbons (Fsp3) is 0.321. The summed E-state index contributed by atoms with van der Waals surface area (Å²) >= 11 is 0. The van der Waals surface area contributed by atoms with Crippen molar-refractivity contribution in [2.45, 2.75) is 45.8 Å². The number of tetrazole rings is 1. The molecule has 0 aliphatic rings. The molecule has 11 nitrogen and oxygen atoms in total. The van der Waals surface area contributed by atoms with E-state index in [2.05, 4.69) is 20.7 Å². The Morgan fingerprint density at radius 2 is 1.75 bits per heavy atom. The molecular weight excluding hydrogens is 519 g/mol. The predicted octanol–water partition coefficient (Wildman–Crippen LogP) is 4.09. The van der Waals surface area contributed by atoms with Crippen LogP contribution in [0.4, 0.5) is 10.1 Å². The lowest BCUT2D eigenvalue weighted by Crippen LogP contribution is -2.50. The van der Waals surface area contributed by atoms with Gasteiger partial charge in [-0.05, 0) is 81.4 Å². The average Bonchev–Trinajstić information content (AvgIpc) is 3.54. The number of hydrogen-bond acceptors (Lipinski definition) is 8. The quantitative estimate of drug-likeness (QED) is 0.331. The van der Waals surface area contributed by atoms with E-state index in [4.69, 9.17) is 13.9 Å². The Morgan fingerprint density at radius 3 is 2.35 bits per heavy atom.